The Kier molecular flexibility index (Phi) is 3.25. The van der Waals surface area contributed by atoms with E-state index in [2.05, 4.69) is 11.0 Å². The van der Waals surface area contributed by atoms with Crippen LogP contribution in [0, 0.1) is 11.3 Å². The largest absolute Gasteiger partial charge is 0.302 e. The Bertz CT molecular complexity index is 120. The van der Waals surface area contributed by atoms with Crippen LogP contribution in [0.15, 0.2) is 0 Å². The Labute approximate surface area is 62.4 Å². The van der Waals surface area contributed by atoms with Crippen molar-refractivity contribution in [3.63, 3.8) is 0 Å². The maximum Gasteiger partial charge on any atom is 0.0635 e. The molecule has 0 N–H and O–H groups in total. The third-order valence-electron chi connectivity index (χ3n) is 1.99. The van der Waals surface area contributed by atoms with Gasteiger partial charge in [0.25, 0.3) is 0 Å². The van der Waals surface area contributed by atoms with Crippen molar-refractivity contribution in [2.45, 2.75) is 25.7 Å². The van der Waals surface area contributed by atoms with E-state index < -0.39 is 0 Å². The van der Waals surface area contributed by atoms with Gasteiger partial charge in [0, 0.05) is 13.0 Å². The molecule has 0 saturated carbocycles. The summed E-state index contributed by atoms with van der Waals surface area (Å²) in [4.78, 5) is 2.38. The van der Waals surface area contributed by atoms with Gasteiger partial charge < -0.3 is 4.90 Å². The van der Waals surface area contributed by atoms with Gasteiger partial charge in [-0.2, -0.15) is 5.26 Å². The number of hydrogen-bond acceptors (Lipinski definition) is 2. The van der Waals surface area contributed by atoms with Gasteiger partial charge in [-0.15, -0.1) is 0 Å². The molecule has 56 valence electrons. The number of likely N-dealkylation sites (tertiary alicyclic amines) is 1. The van der Waals surface area contributed by atoms with Gasteiger partial charge in [0.15, 0.2) is 0 Å². The molecule has 10 heavy (non-hydrogen) atoms. The summed E-state index contributed by atoms with van der Waals surface area (Å²) in [6, 6.07) is 2.17. The summed E-state index contributed by atoms with van der Waals surface area (Å²) in [6.07, 6.45) is 4.72. The highest BCUT2D eigenvalue weighted by Crippen LogP contribution is 2.07. The second kappa shape index (κ2) is 4.29. The van der Waals surface area contributed by atoms with E-state index in [1.165, 1.54) is 32.4 Å². The molecule has 1 aliphatic heterocycles. The van der Waals surface area contributed by atoms with E-state index in [4.69, 9.17) is 5.26 Å². The summed E-state index contributed by atoms with van der Waals surface area (Å²) in [6.45, 7) is 3.40. The fraction of sp³-hybridized carbons (Fsp3) is 0.875. The average Bonchev–Trinajstić information content (AvgIpc) is 2.03. The third-order valence-corrected chi connectivity index (χ3v) is 1.99. The van der Waals surface area contributed by atoms with E-state index >= 15 is 0 Å². The van der Waals surface area contributed by atoms with Crippen LogP contribution >= 0.6 is 0 Å². The number of rotatable bonds is 2. The van der Waals surface area contributed by atoms with Crippen molar-refractivity contribution in [3.8, 4) is 6.07 Å². The highest BCUT2D eigenvalue weighted by molar-refractivity contribution is 4.73. The highest BCUT2D eigenvalue weighted by atomic mass is 15.1. The fourth-order valence-electron chi connectivity index (χ4n) is 1.39. The molecule has 0 aromatic carbocycles. The van der Waals surface area contributed by atoms with E-state index in [0.29, 0.717) is 6.42 Å². The molecule has 2 nitrogen and oxygen atoms in total. The number of nitrogens with zero attached hydrogens (tertiary/aromatic N) is 2. The average molecular weight is 138 g/mol. The molecule has 0 atom stereocenters. The van der Waals surface area contributed by atoms with Crippen molar-refractivity contribution in [2.24, 2.45) is 0 Å². The molecule has 0 spiro atoms. The zero-order chi connectivity index (χ0) is 7.23. The number of hydrogen-bond donors (Lipinski definition) is 0. The first-order valence-corrected chi connectivity index (χ1v) is 4.03. The van der Waals surface area contributed by atoms with E-state index in [0.717, 1.165) is 6.54 Å². The Hall–Kier alpha value is -0.550. The molecule has 0 radical (unpaired) electrons. The van der Waals surface area contributed by atoms with Gasteiger partial charge in [0.05, 0.1) is 6.07 Å². The lowest BCUT2D eigenvalue weighted by Crippen LogP contribution is -2.30. The van der Waals surface area contributed by atoms with Crippen LogP contribution in [0.2, 0.25) is 0 Å². The summed E-state index contributed by atoms with van der Waals surface area (Å²) >= 11 is 0. The highest BCUT2D eigenvalue weighted by Gasteiger charge is 2.07. The van der Waals surface area contributed by atoms with Crippen molar-refractivity contribution in [1.29, 1.82) is 5.26 Å². The van der Waals surface area contributed by atoms with Crippen LogP contribution in [-0.2, 0) is 0 Å². The molecule has 0 amide bonds. The topological polar surface area (TPSA) is 27.0 Å². The first-order chi connectivity index (χ1) is 4.93. The Morgan fingerprint density at radius 2 is 1.90 bits per heavy atom. The normalized spacial score (nSPS) is 20.3. The lowest BCUT2D eigenvalue weighted by molar-refractivity contribution is 0.233. The molecule has 0 aromatic heterocycles. The summed E-state index contributed by atoms with van der Waals surface area (Å²) in [5.41, 5.74) is 0. The molecule has 0 bridgehead atoms. The fourth-order valence-corrected chi connectivity index (χ4v) is 1.39. The molecule has 1 heterocycles. The SMILES string of the molecule is N#CCCN1CCCCC1. The van der Waals surface area contributed by atoms with Crippen LogP contribution in [0.3, 0.4) is 0 Å². The standard InChI is InChI=1S/C8H14N2/c9-5-4-8-10-6-2-1-3-7-10/h1-4,6-8H2. The Morgan fingerprint density at radius 3 is 2.50 bits per heavy atom. The van der Waals surface area contributed by atoms with Gasteiger partial charge in [-0.25, -0.2) is 0 Å². The van der Waals surface area contributed by atoms with E-state index in [1.54, 1.807) is 0 Å². The molecule has 1 rings (SSSR count). The second-order valence-electron chi connectivity index (χ2n) is 2.81. The van der Waals surface area contributed by atoms with E-state index in [9.17, 15) is 0 Å². The maximum atomic E-state index is 8.32. The Balaban J connectivity index is 2.09. The molecular weight excluding hydrogens is 124 g/mol. The van der Waals surface area contributed by atoms with Crippen LogP contribution < -0.4 is 0 Å². The van der Waals surface area contributed by atoms with Crippen molar-refractivity contribution in [2.75, 3.05) is 19.6 Å². The van der Waals surface area contributed by atoms with Gasteiger partial charge in [0.2, 0.25) is 0 Å². The van der Waals surface area contributed by atoms with Crippen molar-refractivity contribution >= 4 is 0 Å². The van der Waals surface area contributed by atoms with Gasteiger partial charge >= 0.3 is 0 Å². The second-order valence-corrected chi connectivity index (χ2v) is 2.81. The van der Waals surface area contributed by atoms with Crippen LogP contribution in [0.5, 0.6) is 0 Å². The molecule has 1 saturated heterocycles. The molecular formula is C8H14N2. The minimum absolute atomic E-state index is 0.694. The minimum Gasteiger partial charge on any atom is -0.302 e. The molecule has 0 aliphatic carbocycles. The molecule has 0 unspecified atom stereocenters. The van der Waals surface area contributed by atoms with Crippen LogP contribution in [0.4, 0.5) is 0 Å². The monoisotopic (exact) mass is 138 g/mol. The minimum atomic E-state index is 0.694. The quantitative estimate of drug-likeness (QED) is 0.576. The summed E-state index contributed by atoms with van der Waals surface area (Å²) < 4.78 is 0. The zero-order valence-corrected chi connectivity index (χ0v) is 6.34. The van der Waals surface area contributed by atoms with Crippen LogP contribution in [-0.4, -0.2) is 24.5 Å². The van der Waals surface area contributed by atoms with Crippen molar-refractivity contribution < 1.29 is 0 Å². The predicted molar refractivity (Wildman–Crippen MR) is 40.5 cm³/mol. The van der Waals surface area contributed by atoms with Gasteiger partial charge in [-0.3, -0.25) is 0 Å². The van der Waals surface area contributed by atoms with Crippen molar-refractivity contribution in [3.05, 3.63) is 0 Å². The lowest BCUT2D eigenvalue weighted by Gasteiger charge is -2.24. The first kappa shape index (κ1) is 7.56. The third kappa shape index (κ3) is 2.36. The molecule has 0 aromatic rings. The van der Waals surface area contributed by atoms with Crippen LogP contribution in [0.25, 0.3) is 0 Å². The maximum absolute atomic E-state index is 8.32. The van der Waals surface area contributed by atoms with Crippen molar-refractivity contribution in [1.82, 2.24) is 4.90 Å². The Morgan fingerprint density at radius 1 is 1.20 bits per heavy atom. The number of piperidine rings is 1. The predicted octanol–water partition coefficient (Wildman–Crippen LogP) is 1.39. The van der Waals surface area contributed by atoms with Gasteiger partial charge in [-0.1, -0.05) is 6.42 Å². The summed E-state index contributed by atoms with van der Waals surface area (Å²) in [5.74, 6) is 0. The molecule has 1 fully saturated rings. The van der Waals surface area contributed by atoms with Crippen LogP contribution in [0.1, 0.15) is 25.7 Å². The van der Waals surface area contributed by atoms with E-state index in [-0.39, 0.29) is 0 Å². The smallest absolute Gasteiger partial charge is 0.0635 e. The van der Waals surface area contributed by atoms with Gasteiger partial charge in [0.1, 0.15) is 0 Å². The first-order valence-electron chi connectivity index (χ1n) is 4.03. The van der Waals surface area contributed by atoms with Gasteiger partial charge in [-0.05, 0) is 25.9 Å². The summed E-state index contributed by atoms with van der Waals surface area (Å²) in [5, 5.41) is 8.32. The summed E-state index contributed by atoms with van der Waals surface area (Å²) in [7, 11) is 0. The van der Waals surface area contributed by atoms with E-state index in [1.807, 2.05) is 0 Å². The molecule has 2 heteroatoms. The molecule has 1 aliphatic rings. The number of nitriles is 1. The zero-order valence-electron chi connectivity index (χ0n) is 6.34. The lowest BCUT2D eigenvalue weighted by atomic mass is 10.1.